The molecule has 5 heterocycles. The second kappa shape index (κ2) is 7.80. The highest BCUT2D eigenvalue weighted by Gasteiger charge is 2.27. The summed E-state index contributed by atoms with van der Waals surface area (Å²) in [5.74, 6) is 1.01. The first-order valence-corrected chi connectivity index (χ1v) is 11.4. The van der Waals surface area contributed by atoms with Crippen LogP contribution in [0.15, 0.2) is 29.5 Å². The summed E-state index contributed by atoms with van der Waals surface area (Å²) < 4.78 is 9.53. The lowest BCUT2D eigenvalue weighted by Gasteiger charge is -2.29. The fraction of sp³-hybridized carbons (Fsp3) is 0.435. The van der Waals surface area contributed by atoms with Gasteiger partial charge in [-0.25, -0.2) is 19.7 Å². The number of aryl methyl sites for hydroxylation is 2. The molecule has 1 fully saturated rings. The van der Waals surface area contributed by atoms with Crippen molar-refractivity contribution >= 4 is 33.7 Å². The third-order valence-corrected chi connectivity index (χ3v) is 6.86. The van der Waals surface area contributed by atoms with Gasteiger partial charge in [0, 0.05) is 31.4 Å². The lowest BCUT2D eigenvalue weighted by molar-refractivity contribution is 0.260. The minimum Gasteiger partial charge on any atom is -0.476 e. The number of aromatic nitrogens is 6. The van der Waals surface area contributed by atoms with Gasteiger partial charge in [0.1, 0.15) is 18.5 Å². The monoisotopic (exact) mass is 446 g/mol. The molecule has 1 aliphatic carbocycles. The van der Waals surface area contributed by atoms with Crippen LogP contribution in [0.4, 0.5) is 11.6 Å². The maximum absolute atomic E-state index is 13.1. The first kappa shape index (κ1) is 20.1. The molecule has 10 nitrogen and oxygen atoms in total. The molecule has 10 heteroatoms. The van der Waals surface area contributed by atoms with Gasteiger partial charge in [0.2, 0.25) is 11.8 Å². The highest BCUT2D eigenvalue weighted by Crippen LogP contribution is 2.32. The van der Waals surface area contributed by atoms with Gasteiger partial charge >= 0.3 is 5.69 Å². The van der Waals surface area contributed by atoms with Gasteiger partial charge in [-0.15, -0.1) is 0 Å². The van der Waals surface area contributed by atoms with E-state index in [1.54, 1.807) is 17.8 Å². The number of benzene rings is 1. The van der Waals surface area contributed by atoms with E-state index >= 15 is 0 Å². The molecule has 0 radical (unpaired) electrons. The summed E-state index contributed by atoms with van der Waals surface area (Å²) in [6.45, 7) is 3.26. The van der Waals surface area contributed by atoms with Crippen LogP contribution in [0.1, 0.15) is 37.3 Å². The summed E-state index contributed by atoms with van der Waals surface area (Å²) in [5, 5.41) is 7.76. The SMILES string of the molecule is Cc1cc2ncnc3c2cc1Nc1ncc2c(n1)n(c(=O)n2C)C1CCC(CC1)NCCO3. The van der Waals surface area contributed by atoms with E-state index < -0.39 is 0 Å². The average molecular weight is 447 g/mol. The second-order valence-corrected chi connectivity index (χ2v) is 8.91. The van der Waals surface area contributed by atoms with Crippen molar-refractivity contribution in [2.24, 2.45) is 7.05 Å². The smallest absolute Gasteiger partial charge is 0.330 e. The maximum atomic E-state index is 13.1. The van der Waals surface area contributed by atoms with Crippen molar-refractivity contribution in [3.8, 4) is 5.88 Å². The summed E-state index contributed by atoms with van der Waals surface area (Å²) in [6, 6.07) is 4.51. The normalized spacial score (nSPS) is 20.8. The minimum atomic E-state index is -0.0390. The third-order valence-electron chi connectivity index (χ3n) is 6.86. The average Bonchev–Trinajstić information content (AvgIpc) is 3.07. The number of anilines is 2. The molecule has 3 aliphatic rings. The quantitative estimate of drug-likeness (QED) is 0.424. The van der Waals surface area contributed by atoms with E-state index in [-0.39, 0.29) is 11.7 Å². The van der Waals surface area contributed by atoms with Gasteiger partial charge < -0.3 is 15.4 Å². The highest BCUT2D eigenvalue weighted by atomic mass is 16.5. The summed E-state index contributed by atoms with van der Waals surface area (Å²) in [4.78, 5) is 31.2. The third kappa shape index (κ3) is 3.41. The van der Waals surface area contributed by atoms with Crippen LogP contribution in [0.5, 0.6) is 5.88 Å². The number of fused-ring (bicyclic) bond motifs is 5. The fourth-order valence-corrected chi connectivity index (χ4v) is 5.03. The Balaban J connectivity index is 1.51. The molecule has 33 heavy (non-hydrogen) atoms. The Morgan fingerprint density at radius 3 is 2.82 bits per heavy atom. The molecular formula is C23H26N8O2. The molecule has 0 atom stereocenters. The van der Waals surface area contributed by atoms with Gasteiger partial charge in [0.25, 0.3) is 0 Å². The van der Waals surface area contributed by atoms with Gasteiger partial charge in [-0.3, -0.25) is 9.13 Å². The van der Waals surface area contributed by atoms with E-state index in [0.29, 0.717) is 30.1 Å². The van der Waals surface area contributed by atoms with Gasteiger partial charge in [-0.1, -0.05) is 0 Å². The van der Waals surface area contributed by atoms with Crippen LogP contribution in [0, 0.1) is 6.92 Å². The van der Waals surface area contributed by atoms with Crippen LogP contribution in [0.3, 0.4) is 0 Å². The van der Waals surface area contributed by atoms with Gasteiger partial charge in [-0.05, 0) is 50.3 Å². The number of imidazole rings is 1. The minimum absolute atomic E-state index is 0.0390. The van der Waals surface area contributed by atoms with Crippen LogP contribution in [0.2, 0.25) is 0 Å². The van der Waals surface area contributed by atoms with E-state index in [0.717, 1.165) is 59.9 Å². The van der Waals surface area contributed by atoms with Crippen molar-refractivity contribution in [2.75, 3.05) is 18.5 Å². The zero-order valence-corrected chi connectivity index (χ0v) is 18.7. The van der Waals surface area contributed by atoms with Gasteiger partial charge in [0.15, 0.2) is 5.65 Å². The highest BCUT2D eigenvalue weighted by molar-refractivity contribution is 5.88. The van der Waals surface area contributed by atoms with E-state index in [4.69, 9.17) is 9.72 Å². The lowest BCUT2D eigenvalue weighted by Crippen LogP contribution is -2.37. The van der Waals surface area contributed by atoms with Crippen molar-refractivity contribution < 1.29 is 4.74 Å². The molecule has 6 bridgehead atoms. The Morgan fingerprint density at radius 1 is 1.12 bits per heavy atom. The maximum Gasteiger partial charge on any atom is 0.330 e. The molecule has 0 spiro atoms. The van der Waals surface area contributed by atoms with Crippen LogP contribution in [-0.2, 0) is 7.05 Å². The Morgan fingerprint density at radius 2 is 1.97 bits per heavy atom. The lowest BCUT2D eigenvalue weighted by atomic mass is 9.91. The first-order chi connectivity index (χ1) is 16.1. The number of hydrogen-bond acceptors (Lipinski definition) is 8. The fourth-order valence-electron chi connectivity index (χ4n) is 5.03. The predicted octanol–water partition coefficient (Wildman–Crippen LogP) is 2.59. The molecule has 0 saturated heterocycles. The molecule has 4 aromatic rings. The van der Waals surface area contributed by atoms with Gasteiger partial charge in [-0.2, -0.15) is 4.98 Å². The Bertz CT molecular complexity index is 1420. The van der Waals surface area contributed by atoms with Crippen molar-refractivity contribution in [1.29, 1.82) is 0 Å². The topological polar surface area (TPSA) is 112 Å². The number of rotatable bonds is 0. The number of ether oxygens (including phenoxy) is 1. The molecule has 2 aliphatic heterocycles. The van der Waals surface area contributed by atoms with Crippen LogP contribution in [0.25, 0.3) is 22.1 Å². The molecule has 2 N–H and O–H groups in total. The van der Waals surface area contributed by atoms with Crippen LogP contribution < -0.4 is 21.1 Å². The standard InChI is InChI=1S/C23H26N8O2/c1-13-9-18-16-10-17(13)28-22-25-11-19-20(29-22)31(23(32)30(19)2)15-5-3-14(4-6-15)24-7-8-33-21(16)27-12-26-18/h9-12,14-15,24H,3-8H2,1-2H3,(H,25,28,29). The predicted molar refractivity (Wildman–Crippen MR) is 125 cm³/mol. The molecule has 1 saturated carbocycles. The molecule has 170 valence electrons. The van der Waals surface area contributed by atoms with E-state index in [1.165, 1.54) is 6.33 Å². The van der Waals surface area contributed by atoms with Crippen LogP contribution >= 0.6 is 0 Å². The zero-order valence-electron chi connectivity index (χ0n) is 18.7. The van der Waals surface area contributed by atoms with Crippen molar-refractivity contribution in [3.63, 3.8) is 0 Å². The first-order valence-electron chi connectivity index (χ1n) is 11.4. The molecular weight excluding hydrogens is 420 g/mol. The molecule has 7 rings (SSSR count). The Hall–Kier alpha value is -3.53. The van der Waals surface area contributed by atoms with E-state index in [9.17, 15) is 4.79 Å². The molecule has 1 aromatic carbocycles. The summed E-state index contributed by atoms with van der Waals surface area (Å²) in [5.41, 5.74) is 4.03. The number of nitrogens with one attached hydrogen (secondary N) is 2. The number of hydrogen-bond donors (Lipinski definition) is 2. The molecule has 0 amide bonds. The van der Waals surface area contributed by atoms with Gasteiger partial charge in [0.05, 0.1) is 17.1 Å². The Kier molecular flexibility index (Phi) is 4.75. The van der Waals surface area contributed by atoms with Crippen LogP contribution in [-0.4, -0.2) is 48.3 Å². The molecule has 3 aromatic heterocycles. The zero-order chi connectivity index (χ0) is 22.5. The Labute approximate surface area is 190 Å². The van der Waals surface area contributed by atoms with Crippen molar-refractivity contribution in [1.82, 2.24) is 34.4 Å². The largest absolute Gasteiger partial charge is 0.476 e. The van der Waals surface area contributed by atoms with Crippen molar-refractivity contribution in [3.05, 3.63) is 40.7 Å². The number of nitrogens with zero attached hydrogens (tertiary/aromatic N) is 6. The summed E-state index contributed by atoms with van der Waals surface area (Å²) >= 11 is 0. The van der Waals surface area contributed by atoms with Crippen molar-refractivity contribution in [2.45, 2.75) is 44.7 Å². The molecule has 0 unspecified atom stereocenters. The summed E-state index contributed by atoms with van der Waals surface area (Å²) in [6.07, 6.45) is 7.11. The second-order valence-electron chi connectivity index (χ2n) is 8.91. The van der Waals surface area contributed by atoms with E-state index in [1.807, 2.05) is 23.6 Å². The summed E-state index contributed by atoms with van der Waals surface area (Å²) in [7, 11) is 1.78. The van der Waals surface area contributed by atoms with E-state index in [2.05, 4.69) is 25.6 Å².